The second-order valence-corrected chi connectivity index (χ2v) is 8.55. The predicted molar refractivity (Wildman–Crippen MR) is 115 cm³/mol. The zero-order chi connectivity index (χ0) is 20.8. The van der Waals surface area contributed by atoms with Gasteiger partial charge in [-0.25, -0.2) is 0 Å². The Morgan fingerprint density at radius 1 is 1.13 bits per heavy atom. The SMILES string of the molecule is O=C(NC[C@@H]1CCC2(CCN(CCCc3ccccc3)CC2)O1)c1cc[n+]([O-])cc1. The molecule has 6 nitrogen and oxygen atoms in total. The van der Waals surface area contributed by atoms with Gasteiger partial charge in [0, 0.05) is 31.8 Å². The maximum Gasteiger partial charge on any atom is 0.251 e. The summed E-state index contributed by atoms with van der Waals surface area (Å²) in [6.45, 7) is 3.85. The molecule has 1 aromatic heterocycles. The van der Waals surface area contributed by atoms with Gasteiger partial charge in [0.1, 0.15) is 0 Å². The number of nitrogens with one attached hydrogen (secondary N) is 1. The van der Waals surface area contributed by atoms with Crippen molar-refractivity contribution >= 4 is 5.91 Å². The van der Waals surface area contributed by atoms with Crippen LogP contribution < -0.4 is 10.0 Å². The number of benzene rings is 1. The molecule has 1 atom stereocenters. The average molecular weight is 410 g/mol. The summed E-state index contributed by atoms with van der Waals surface area (Å²) < 4.78 is 7.10. The quantitative estimate of drug-likeness (QED) is 0.564. The largest absolute Gasteiger partial charge is 0.619 e. The fourth-order valence-electron chi connectivity index (χ4n) is 4.62. The molecule has 1 spiro atoms. The van der Waals surface area contributed by atoms with E-state index in [1.807, 2.05) is 0 Å². The van der Waals surface area contributed by atoms with Crippen molar-refractivity contribution in [3.05, 3.63) is 71.2 Å². The Kier molecular flexibility index (Phi) is 6.65. The number of hydrogen-bond acceptors (Lipinski definition) is 4. The van der Waals surface area contributed by atoms with Crippen molar-refractivity contribution in [3.8, 4) is 0 Å². The molecule has 2 aromatic rings. The minimum atomic E-state index is -0.159. The minimum Gasteiger partial charge on any atom is -0.619 e. The Morgan fingerprint density at radius 3 is 2.60 bits per heavy atom. The molecule has 6 heteroatoms. The number of amides is 1. The first kappa shape index (κ1) is 20.8. The Labute approximate surface area is 178 Å². The van der Waals surface area contributed by atoms with E-state index in [1.165, 1.54) is 36.5 Å². The lowest BCUT2D eigenvalue weighted by molar-refractivity contribution is -0.605. The van der Waals surface area contributed by atoms with Crippen LogP contribution in [0.15, 0.2) is 54.9 Å². The van der Waals surface area contributed by atoms with E-state index in [0.29, 0.717) is 16.8 Å². The predicted octanol–water partition coefficient (Wildman–Crippen LogP) is 2.70. The van der Waals surface area contributed by atoms with Crippen LogP contribution >= 0.6 is 0 Å². The van der Waals surface area contributed by atoms with Gasteiger partial charge in [0.25, 0.3) is 5.91 Å². The number of ether oxygens (including phenoxy) is 1. The molecular formula is C24H31N3O3. The molecule has 2 saturated heterocycles. The summed E-state index contributed by atoms with van der Waals surface area (Å²) in [6.07, 6.45) is 9.29. The van der Waals surface area contributed by atoms with Crippen LogP contribution in [0.4, 0.5) is 0 Å². The third-order valence-electron chi connectivity index (χ3n) is 6.44. The highest BCUT2D eigenvalue weighted by Gasteiger charge is 2.42. The topological polar surface area (TPSA) is 68.5 Å². The molecule has 2 aliphatic rings. The average Bonchev–Trinajstić information content (AvgIpc) is 3.17. The lowest BCUT2D eigenvalue weighted by atomic mass is 9.88. The first-order valence-electron chi connectivity index (χ1n) is 11.0. The van der Waals surface area contributed by atoms with Crippen molar-refractivity contribution in [3.63, 3.8) is 0 Å². The highest BCUT2D eigenvalue weighted by atomic mass is 16.5. The minimum absolute atomic E-state index is 0.00777. The Hall–Kier alpha value is -2.44. The molecule has 0 unspecified atom stereocenters. The molecule has 0 bridgehead atoms. The molecule has 1 amide bonds. The van der Waals surface area contributed by atoms with Gasteiger partial charge in [-0.1, -0.05) is 30.3 Å². The molecule has 2 aliphatic heterocycles. The number of hydrogen-bond donors (Lipinski definition) is 1. The number of aryl methyl sites for hydroxylation is 1. The van der Waals surface area contributed by atoms with Gasteiger partial charge >= 0.3 is 0 Å². The molecule has 160 valence electrons. The third kappa shape index (κ3) is 5.37. The maximum absolute atomic E-state index is 12.2. The fourth-order valence-corrected chi connectivity index (χ4v) is 4.62. The van der Waals surface area contributed by atoms with Crippen LogP contribution in [0, 0.1) is 5.21 Å². The normalized spacial score (nSPS) is 21.0. The van der Waals surface area contributed by atoms with Gasteiger partial charge in [-0.3, -0.25) is 4.79 Å². The highest BCUT2D eigenvalue weighted by Crippen LogP contribution is 2.38. The molecule has 30 heavy (non-hydrogen) atoms. The van der Waals surface area contributed by atoms with E-state index in [9.17, 15) is 10.0 Å². The van der Waals surface area contributed by atoms with Crippen LogP contribution in [-0.2, 0) is 11.2 Å². The number of likely N-dealkylation sites (tertiary alicyclic amines) is 1. The first-order valence-corrected chi connectivity index (χ1v) is 11.0. The summed E-state index contributed by atoms with van der Waals surface area (Å²) in [7, 11) is 0. The van der Waals surface area contributed by atoms with Crippen LogP contribution in [0.25, 0.3) is 0 Å². The molecule has 0 aliphatic carbocycles. The van der Waals surface area contributed by atoms with Gasteiger partial charge in [0.15, 0.2) is 12.4 Å². The Bertz CT molecular complexity index is 817. The van der Waals surface area contributed by atoms with Crippen molar-refractivity contribution < 1.29 is 14.3 Å². The zero-order valence-electron chi connectivity index (χ0n) is 17.5. The zero-order valence-corrected chi connectivity index (χ0v) is 17.5. The highest BCUT2D eigenvalue weighted by molar-refractivity contribution is 5.93. The summed E-state index contributed by atoms with van der Waals surface area (Å²) in [5, 5.41) is 14.0. The lowest BCUT2D eigenvalue weighted by Gasteiger charge is -2.39. The van der Waals surface area contributed by atoms with Gasteiger partial charge in [0.05, 0.1) is 17.3 Å². The summed E-state index contributed by atoms with van der Waals surface area (Å²) in [5.74, 6) is -0.159. The van der Waals surface area contributed by atoms with E-state index in [0.717, 1.165) is 51.7 Å². The molecule has 1 N–H and O–H groups in total. The number of nitrogens with zero attached hydrogens (tertiary/aromatic N) is 2. The Balaban J connectivity index is 1.16. The van der Waals surface area contributed by atoms with Crippen molar-refractivity contribution in [2.45, 2.75) is 50.2 Å². The Morgan fingerprint density at radius 2 is 1.87 bits per heavy atom. The van der Waals surface area contributed by atoms with Crippen LogP contribution in [0.1, 0.15) is 48.0 Å². The van der Waals surface area contributed by atoms with Gasteiger partial charge in [-0.05, 0) is 50.6 Å². The van der Waals surface area contributed by atoms with E-state index in [1.54, 1.807) is 0 Å². The van der Waals surface area contributed by atoms with Crippen LogP contribution in [0.5, 0.6) is 0 Å². The second kappa shape index (κ2) is 9.58. The van der Waals surface area contributed by atoms with E-state index >= 15 is 0 Å². The third-order valence-corrected chi connectivity index (χ3v) is 6.44. The summed E-state index contributed by atoms with van der Waals surface area (Å²) in [6, 6.07) is 13.8. The van der Waals surface area contributed by atoms with Crippen LogP contribution in [0.3, 0.4) is 0 Å². The number of aromatic nitrogens is 1. The van der Waals surface area contributed by atoms with Crippen molar-refractivity contribution in [2.75, 3.05) is 26.2 Å². The molecular weight excluding hydrogens is 378 g/mol. The van der Waals surface area contributed by atoms with Crippen molar-refractivity contribution in [1.82, 2.24) is 10.2 Å². The summed E-state index contributed by atoms with van der Waals surface area (Å²) >= 11 is 0. The lowest BCUT2D eigenvalue weighted by Crippen LogP contribution is -2.45. The smallest absolute Gasteiger partial charge is 0.251 e. The number of rotatable bonds is 7. The number of carbonyl (C=O) groups excluding carboxylic acids is 1. The van der Waals surface area contributed by atoms with Crippen molar-refractivity contribution in [2.24, 2.45) is 0 Å². The van der Waals surface area contributed by atoms with Gasteiger partial charge < -0.3 is 20.2 Å². The molecule has 3 heterocycles. The molecule has 0 saturated carbocycles. The van der Waals surface area contributed by atoms with E-state index in [2.05, 4.69) is 40.5 Å². The summed E-state index contributed by atoms with van der Waals surface area (Å²) in [5.41, 5.74) is 1.91. The van der Waals surface area contributed by atoms with E-state index in [-0.39, 0.29) is 17.6 Å². The number of carbonyl (C=O) groups is 1. The molecule has 0 radical (unpaired) electrons. The van der Waals surface area contributed by atoms with Crippen LogP contribution in [0.2, 0.25) is 0 Å². The second-order valence-electron chi connectivity index (χ2n) is 8.55. The van der Waals surface area contributed by atoms with Gasteiger partial charge in [-0.2, -0.15) is 4.73 Å². The van der Waals surface area contributed by atoms with Gasteiger partial charge in [-0.15, -0.1) is 0 Å². The first-order chi connectivity index (χ1) is 14.6. The molecule has 1 aromatic carbocycles. The fraction of sp³-hybridized carbons (Fsp3) is 0.500. The number of piperidine rings is 1. The van der Waals surface area contributed by atoms with E-state index in [4.69, 9.17) is 4.74 Å². The summed E-state index contributed by atoms with van der Waals surface area (Å²) in [4.78, 5) is 14.8. The van der Waals surface area contributed by atoms with Crippen LogP contribution in [-0.4, -0.2) is 48.7 Å². The standard InChI is InChI=1S/C24H31N3O3/c28-23(21-9-15-27(29)16-10-21)25-19-22-8-11-24(30-22)12-17-26(18-13-24)14-4-7-20-5-2-1-3-6-20/h1-3,5-6,9-10,15-16,22H,4,7-8,11-14,17-19H2,(H,25,28)/t22-/m0/s1. The van der Waals surface area contributed by atoms with Crippen molar-refractivity contribution in [1.29, 1.82) is 0 Å². The number of pyridine rings is 1. The molecule has 4 rings (SSSR count). The van der Waals surface area contributed by atoms with E-state index < -0.39 is 0 Å². The monoisotopic (exact) mass is 409 g/mol. The molecule has 2 fully saturated rings. The maximum atomic E-state index is 12.2. The van der Waals surface area contributed by atoms with Gasteiger partial charge in [0.2, 0.25) is 0 Å².